The van der Waals surface area contributed by atoms with Crippen LogP contribution in [0.5, 0.6) is 0 Å². The fourth-order valence-electron chi connectivity index (χ4n) is 2.43. The molecule has 1 atom stereocenters. The third-order valence-corrected chi connectivity index (χ3v) is 5.13. The van der Waals surface area contributed by atoms with Gasteiger partial charge in [0.05, 0.1) is 10.8 Å². The van der Waals surface area contributed by atoms with Crippen LogP contribution in [0.25, 0.3) is 0 Å². The van der Waals surface area contributed by atoms with Gasteiger partial charge in [-0.15, -0.1) is 0 Å². The van der Waals surface area contributed by atoms with Crippen LogP contribution in [0.1, 0.15) is 22.3 Å². The standard InChI is InChI=1S/C19H20ClFN2O4S/c1-12-4-3-5-13(10-12)18(24)23-17(8-9-28(2,26)27)19(25)22-14-6-7-16(21)15(20)11-14/h3-7,10-11,17H,8-9H2,1-2H3,(H,22,25)(H,23,24)/t17-/m1/s1. The molecule has 2 aromatic carbocycles. The first kappa shape index (κ1) is 21.8. The molecule has 0 spiro atoms. The predicted octanol–water partition coefficient (Wildman–Crippen LogP) is 2.96. The highest BCUT2D eigenvalue weighted by Crippen LogP contribution is 2.19. The summed E-state index contributed by atoms with van der Waals surface area (Å²) in [6, 6.07) is 9.30. The molecule has 150 valence electrons. The van der Waals surface area contributed by atoms with E-state index in [0.717, 1.165) is 17.9 Å². The highest BCUT2D eigenvalue weighted by Gasteiger charge is 2.23. The number of anilines is 1. The van der Waals surface area contributed by atoms with Crippen LogP contribution in [0.3, 0.4) is 0 Å². The van der Waals surface area contributed by atoms with Crippen LogP contribution in [0.4, 0.5) is 10.1 Å². The Morgan fingerprint density at radius 1 is 1.18 bits per heavy atom. The van der Waals surface area contributed by atoms with E-state index < -0.39 is 33.5 Å². The molecule has 2 N–H and O–H groups in total. The van der Waals surface area contributed by atoms with Crippen LogP contribution >= 0.6 is 11.6 Å². The minimum Gasteiger partial charge on any atom is -0.340 e. The second kappa shape index (κ2) is 9.16. The molecule has 2 rings (SSSR count). The van der Waals surface area contributed by atoms with E-state index >= 15 is 0 Å². The van der Waals surface area contributed by atoms with Gasteiger partial charge in [-0.25, -0.2) is 12.8 Å². The molecule has 0 aromatic heterocycles. The van der Waals surface area contributed by atoms with E-state index in [4.69, 9.17) is 11.6 Å². The number of halogens is 2. The van der Waals surface area contributed by atoms with Crippen molar-refractivity contribution in [2.45, 2.75) is 19.4 Å². The van der Waals surface area contributed by atoms with Crippen LogP contribution in [0, 0.1) is 12.7 Å². The molecule has 0 heterocycles. The second-order valence-corrected chi connectivity index (χ2v) is 9.10. The molecule has 2 aromatic rings. The lowest BCUT2D eigenvalue weighted by Crippen LogP contribution is -2.44. The Labute approximate surface area is 168 Å². The van der Waals surface area contributed by atoms with Crippen molar-refractivity contribution in [3.8, 4) is 0 Å². The van der Waals surface area contributed by atoms with Crippen LogP contribution in [-0.2, 0) is 14.6 Å². The van der Waals surface area contributed by atoms with E-state index in [-0.39, 0.29) is 22.9 Å². The van der Waals surface area contributed by atoms with E-state index in [1.54, 1.807) is 18.2 Å². The number of hydrogen-bond donors (Lipinski definition) is 2. The monoisotopic (exact) mass is 426 g/mol. The minimum absolute atomic E-state index is 0.114. The molecule has 0 aliphatic rings. The Balaban J connectivity index is 2.18. The van der Waals surface area contributed by atoms with Crippen LogP contribution in [-0.4, -0.2) is 38.3 Å². The smallest absolute Gasteiger partial charge is 0.251 e. The van der Waals surface area contributed by atoms with Gasteiger partial charge < -0.3 is 10.6 Å². The maximum Gasteiger partial charge on any atom is 0.251 e. The minimum atomic E-state index is -3.35. The van der Waals surface area contributed by atoms with Gasteiger partial charge in [0.15, 0.2) is 0 Å². The van der Waals surface area contributed by atoms with Crippen molar-refractivity contribution in [2.75, 3.05) is 17.3 Å². The first-order chi connectivity index (χ1) is 13.0. The first-order valence-electron chi connectivity index (χ1n) is 8.36. The zero-order valence-electron chi connectivity index (χ0n) is 15.3. The normalized spacial score (nSPS) is 12.3. The molecule has 28 heavy (non-hydrogen) atoms. The average Bonchev–Trinajstić information content (AvgIpc) is 2.60. The van der Waals surface area contributed by atoms with Crippen molar-refractivity contribution in [1.29, 1.82) is 0 Å². The third-order valence-electron chi connectivity index (χ3n) is 3.87. The van der Waals surface area contributed by atoms with Gasteiger partial charge in [-0.1, -0.05) is 29.3 Å². The Morgan fingerprint density at radius 2 is 1.89 bits per heavy atom. The number of benzene rings is 2. The van der Waals surface area contributed by atoms with Crippen LogP contribution in [0.2, 0.25) is 5.02 Å². The molecule has 6 nitrogen and oxygen atoms in total. The molecular weight excluding hydrogens is 407 g/mol. The van der Waals surface area contributed by atoms with Gasteiger partial charge in [-0.2, -0.15) is 0 Å². The third kappa shape index (κ3) is 6.61. The molecule has 0 unspecified atom stereocenters. The van der Waals surface area contributed by atoms with Crippen LogP contribution in [0.15, 0.2) is 42.5 Å². The Morgan fingerprint density at radius 3 is 2.50 bits per heavy atom. The zero-order valence-corrected chi connectivity index (χ0v) is 16.9. The molecule has 2 amide bonds. The molecule has 0 aliphatic heterocycles. The number of aryl methyl sites for hydroxylation is 1. The number of sulfone groups is 1. The fourth-order valence-corrected chi connectivity index (χ4v) is 3.28. The summed E-state index contributed by atoms with van der Waals surface area (Å²) < 4.78 is 36.3. The van der Waals surface area contributed by atoms with E-state index in [0.29, 0.717) is 5.56 Å². The van der Waals surface area contributed by atoms with Crippen molar-refractivity contribution in [3.63, 3.8) is 0 Å². The lowest BCUT2D eigenvalue weighted by atomic mass is 10.1. The first-order valence-corrected chi connectivity index (χ1v) is 10.8. The maximum atomic E-state index is 13.3. The lowest BCUT2D eigenvalue weighted by molar-refractivity contribution is -0.118. The summed E-state index contributed by atoms with van der Waals surface area (Å²) in [6.07, 6.45) is 0.932. The van der Waals surface area contributed by atoms with Gasteiger partial charge in [-0.3, -0.25) is 9.59 Å². The van der Waals surface area contributed by atoms with Gasteiger partial charge in [0, 0.05) is 17.5 Å². The number of amides is 2. The van der Waals surface area contributed by atoms with E-state index in [9.17, 15) is 22.4 Å². The molecule has 9 heteroatoms. The van der Waals surface area contributed by atoms with Crippen molar-refractivity contribution >= 4 is 38.9 Å². The Hall–Kier alpha value is -2.45. The average molecular weight is 427 g/mol. The van der Waals surface area contributed by atoms with Gasteiger partial charge >= 0.3 is 0 Å². The second-order valence-electron chi connectivity index (χ2n) is 6.43. The topological polar surface area (TPSA) is 92.3 Å². The van der Waals surface area contributed by atoms with Crippen molar-refractivity contribution in [1.82, 2.24) is 5.32 Å². The number of carbonyl (C=O) groups excluding carboxylic acids is 2. The van der Waals surface area contributed by atoms with Crippen molar-refractivity contribution < 1.29 is 22.4 Å². The summed E-state index contributed by atoms with van der Waals surface area (Å²) in [7, 11) is -3.35. The Bertz CT molecular complexity index is 995. The highest BCUT2D eigenvalue weighted by molar-refractivity contribution is 7.90. The number of hydrogen-bond acceptors (Lipinski definition) is 4. The summed E-state index contributed by atoms with van der Waals surface area (Å²) in [6.45, 7) is 1.82. The molecule has 0 saturated carbocycles. The number of carbonyl (C=O) groups is 2. The molecule has 0 fully saturated rings. The zero-order chi connectivity index (χ0) is 20.9. The van der Waals surface area contributed by atoms with E-state index in [1.807, 2.05) is 13.0 Å². The van der Waals surface area contributed by atoms with Gasteiger partial charge in [0.1, 0.15) is 21.7 Å². The van der Waals surface area contributed by atoms with E-state index in [1.165, 1.54) is 12.1 Å². The molecule has 0 saturated heterocycles. The van der Waals surface area contributed by atoms with Gasteiger partial charge in [0.2, 0.25) is 5.91 Å². The molecular formula is C19H20ClFN2O4S. The fraction of sp³-hybridized carbons (Fsp3) is 0.263. The quantitative estimate of drug-likeness (QED) is 0.711. The SMILES string of the molecule is Cc1cccc(C(=O)N[C@H](CCS(C)(=O)=O)C(=O)Nc2ccc(F)c(Cl)c2)c1. The number of rotatable bonds is 7. The van der Waals surface area contributed by atoms with Gasteiger partial charge in [0.25, 0.3) is 5.91 Å². The lowest BCUT2D eigenvalue weighted by Gasteiger charge is -2.18. The summed E-state index contributed by atoms with van der Waals surface area (Å²) in [5.74, 6) is -2.06. The predicted molar refractivity (Wildman–Crippen MR) is 107 cm³/mol. The van der Waals surface area contributed by atoms with Crippen molar-refractivity contribution in [2.24, 2.45) is 0 Å². The summed E-state index contributed by atoms with van der Waals surface area (Å²) in [5, 5.41) is 4.90. The van der Waals surface area contributed by atoms with Crippen molar-refractivity contribution in [3.05, 3.63) is 64.4 Å². The summed E-state index contributed by atoms with van der Waals surface area (Å²) in [5.41, 5.74) is 1.44. The van der Waals surface area contributed by atoms with Crippen LogP contribution < -0.4 is 10.6 Å². The molecule has 0 aliphatic carbocycles. The molecule has 0 bridgehead atoms. The highest BCUT2D eigenvalue weighted by atomic mass is 35.5. The maximum absolute atomic E-state index is 13.3. The van der Waals surface area contributed by atoms with E-state index in [2.05, 4.69) is 10.6 Å². The van der Waals surface area contributed by atoms with Gasteiger partial charge in [-0.05, 0) is 43.7 Å². The number of nitrogens with one attached hydrogen (secondary N) is 2. The Kier molecular flexibility index (Phi) is 7.15. The summed E-state index contributed by atoms with van der Waals surface area (Å²) >= 11 is 5.70. The largest absolute Gasteiger partial charge is 0.340 e. The molecule has 0 radical (unpaired) electrons. The summed E-state index contributed by atoms with van der Waals surface area (Å²) in [4.78, 5) is 25.1.